The number of benzene rings is 1. The minimum atomic E-state index is -4.51. The molecule has 2 aromatic rings. The monoisotopic (exact) mass is 401 g/mol. The van der Waals surface area contributed by atoms with Crippen molar-refractivity contribution in [1.29, 1.82) is 0 Å². The second kappa shape index (κ2) is 6.68. The maximum absolute atomic E-state index is 13.1. The van der Waals surface area contributed by atoms with Crippen LogP contribution in [-0.4, -0.2) is 33.3 Å². The van der Waals surface area contributed by atoms with Crippen LogP contribution in [0.5, 0.6) is 0 Å². The highest BCUT2D eigenvalue weighted by Crippen LogP contribution is 2.48. The van der Waals surface area contributed by atoms with E-state index in [-0.39, 0.29) is 22.9 Å². The van der Waals surface area contributed by atoms with Gasteiger partial charge in [-0.15, -0.1) is 0 Å². The number of anilines is 2. The molecule has 0 saturated carbocycles. The molecule has 3 rings (SSSR count). The summed E-state index contributed by atoms with van der Waals surface area (Å²) in [5.74, 6) is 0. The van der Waals surface area contributed by atoms with Crippen LogP contribution in [0.2, 0.25) is 0 Å². The predicted octanol–water partition coefficient (Wildman–Crippen LogP) is 3.41. The van der Waals surface area contributed by atoms with Gasteiger partial charge in [-0.1, -0.05) is 0 Å². The van der Waals surface area contributed by atoms with E-state index in [1.54, 1.807) is 18.9 Å². The van der Waals surface area contributed by atoms with E-state index in [0.717, 1.165) is 18.4 Å². The van der Waals surface area contributed by atoms with Gasteiger partial charge in [0.05, 0.1) is 28.4 Å². The molecule has 0 fully saturated rings. The number of sulfone groups is 1. The van der Waals surface area contributed by atoms with Crippen molar-refractivity contribution < 1.29 is 26.4 Å². The summed E-state index contributed by atoms with van der Waals surface area (Å²) in [6.07, 6.45) is -2.84. The summed E-state index contributed by atoms with van der Waals surface area (Å²) in [6, 6.07) is 6.23. The van der Waals surface area contributed by atoms with E-state index in [0.29, 0.717) is 5.69 Å². The second-order valence-corrected chi connectivity index (χ2v) is 8.07. The number of halogens is 3. The van der Waals surface area contributed by atoms with Gasteiger partial charge in [0, 0.05) is 19.5 Å². The van der Waals surface area contributed by atoms with Crippen molar-refractivity contribution in [3.8, 4) is 0 Å². The van der Waals surface area contributed by atoms with Crippen LogP contribution >= 0.6 is 0 Å². The Morgan fingerprint density at radius 2 is 1.93 bits per heavy atom. The van der Waals surface area contributed by atoms with Crippen molar-refractivity contribution in [3.05, 3.63) is 47.8 Å². The van der Waals surface area contributed by atoms with Gasteiger partial charge in [0.15, 0.2) is 16.0 Å². The molecule has 0 aliphatic carbocycles. The van der Waals surface area contributed by atoms with Gasteiger partial charge in [-0.05, 0) is 37.3 Å². The number of hydrogen-bond donors (Lipinski definition) is 0. The van der Waals surface area contributed by atoms with E-state index in [1.807, 2.05) is 0 Å². The molecule has 1 atom stereocenters. The molecule has 0 amide bonds. The summed E-state index contributed by atoms with van der Waals surface area (Å²) >= 11 is 0. The number of rotatable bonds is 4. The first-order valence-corrected chi connectivity index (χ1v) is 9.96. The summed E-state index contributed by atoms with van der Waals surface area (Å²) in [7, 11) is -1.95. The topological polar surface area (TPSA) is 62.7 Å². The van der Waals surface area contributed by atoms with Gasteiger partial charge >= 0.3 is 6.18 Å². The second-order valence-electron chi connectivity index (χ2n) is 6.09. The number of hydroxylamine groups is 1. The molecular formula is C17H18F3N3O3S. The smallest absolute Gasteiger partial charge is 0.346 e. The van der Waals surface area contributed by atoms with E-state index in [2.05, 4.69) is 4.98 Å². The molecule has 2 heterocycles. The molecule has 1 aliphatic rings. The third kappa shape index (κ3) is 3.46. The first-order valence-electron chi connectivity index (χ1n) is 8.07. The standard InChI is InChI=1S/C17H18F3N3O3S/c1-4-26-23-13-10-11(17(18,19)20)7-8-12(13)22(2)16(23)15-14(27(3,24)25)6-5-9-21-15/h5-10,16H,4H2,1-3H3. The Labute approximate surface area is 155 Å². The SMILES string of the molecule is CCON1c2cc(C(F)(F)F)ccc2N(C)C1c1ncccc1S(C)(=O)=O. The lowest BCUT2D eigenvalue weighted by molar-refractivity contribution is -0.137. The Balaban J connectivity index is 2.18. The quantitative estimate of drug-likeness (QED) is 0.783. The Bertz CT molecular complexity index is 963. The van der Waals surface area contributed by atoms with Gasteiger partial charge in [-0.25, -0.2) is 13.5 Å². The molecule has 1 unspecified atom stereocenters. The molecule has 0 saturated heterocycles. The predicted molar refractivity (Wildman–Crippen MR) is 94.0 cm³/mol. The molecule has 27 heavy (non-hydrogen) atoms. The third-order valence-corrected chi connectivity index (χ3v) is 5.37. The highest BCUT2D eigenvalue weighted by atomic mass is 32.2. The number of fused-ring (bicyclic) bond motifs is 1. The molecule has 1 aromatic heterocycles. The van der Waals surface area contributed by atoms with Crippen molar-refractivity contribution in [3.63, 3.8) is 0 Å². The van der Waals surface area contributed by atoms with Crippen LogP contribution in [0.4, 0.5) is 24.5 Å². The molecule has 10 heteroatoms. The summed E-state index contributed by atoms with van der Waals surface area (Å²) in [6.45, 7) is 1.87. The van der Waals surface area contributed by atoms with Crippen molar-refractivity contribution >= 4 is 21.2 Å². The van der Waals surface area contributed by atoms with Crippen molar-refractivity contribution in [2.75, 3.05) is 29.9 Å². The normalized spacial score (nSPS) is 17.3. The zero-order valence-corrected chi connectivity index (χ0v) is 15.7. The third-order valence-electron chi connectivity index (χ3n) is 4.22. The highest BCUT2D eigenvalue weighted by Gasteiger charge is 2.41. The van der Waals surface area contributed by atoms with Gasteiger partial charge in [-0.3, -0.25) is 9.82 Å². The van der Waals surface area contributed by atoms with Crippen molar-refractivity contribution in [2.24, 2.45) is 0 Å². The average molecular weight is 401 g/mol. The first-order chi connectivity index (χ1) is 12.6. The van der Waals surface area contributed by atoms with E-state index in [9.17, 15) is 21.6 Å². The van der Waals surface area contributed by atoms with Gasteiger partial charge in [-0.2, -0.15) is 13.2 Å². The Morgan fingerprint density at radius 1 is 1.22 bits per heavy atom. The van der Waals surface area contributed by atoms with Crippen LogP contribution in [-0.2, 0) is 20.9 Å². The molecule has 0 radical (unpaired) electrons. The Kier molecular flexibility index (Phi) is 4.81. The van der Waals surface area contributed by atoms with Crippen LogP contribution in [0.15, 0.2) is 41.4 Å². The largest absolute Gasteiger partial charge is 0.416 e. The number of alkyl halides is 3. The van der Waals surface area contributed by atoms with Crippen LogP contribution < -0.4 is 9.96 Å². The average Bonchev–Trinajstić information content (AvgIpc) is 2.86. The van der Waals surface area contributed by atoms with Crippen molar-refractivity contribution in [2.45, 2.75) is 24.2 Å². The first kappa shape index (κ1) is 19.4. The summed E-state index contributed by atoms with van der Waals surface area (Å²) in [5, 5.41) is 1.28. The zero-order valence-electron chi connectivity index (χ0n) is 14.9. The molecule has 0 spiro atoms. The number of hydrogen-bond acceptors (Lipinski definition) is 6. The lowest BCUT2D eigenvalue weighted by Crippen LogP contribution is -2.35. The number of aromatic nitrogens is 1. The summed E-state index contributed by atoms with van der Waals surface area (Å²) in [5.41, 5.74) is 0.0425. The minimum Gasteiger partial charge on any atom is -0.346 e. The molecule has 1 aliphatic heterocycles. The Morgan fingerprint density at radius 3 is 2.52 bits per heavy atom. The van der Waals surface area contributed by atoms with E-state index >= 15 is 0 Å². The van der Waals surface area contributed by atoms with E-state index in [1.165, 1.54) is 29.5 Å². The van der Waals surface area contributed by atoms with Crippen molar-refractivity contribution in [1.82, 2.24) is 4.98 Å². The maximum Gasteiger partial charge on any atom is 0.416 e. The molecule has 0 N–H and O–H groups in total. The van der Waals surface area contributed by atoms with Crippen LogP contribution in [0.3, 0.4) is 0 Å². The van der Waals surface area contributed by atoms with Crippen LogP contribution in [0.1, 0.15) is 24.3 Å². The lowest BCUT2D eigenvalue weighted by atomic mass is 10.1. The molecular weight excluding hydrogens is 383 g/mol. The van der Waals surface area contributed by atoms with Gasteiger partial charge in [0.25, 0.3) is 0 Å². The molecule has 1 aromatic carbocycles. The van der Waals surface area contributed by atoms with E-state index in [4.69, 9.17) is 4.84 Å². The van der Waals surface area contributed by atoms with Gasteiger partial charge in [0.1, 0.15) is 5.69 Å². The summed E-state index contributed by atoms with van der Waals surface area (Å²) < 4.78 is 63.8. The molecule has 146 valence electrons. The minimum absolute atomic E-state index is 0.00426. The fourth-order valence-corrected chi connectivity index (χ4v) is 3.94. The number of nitrogens with zero attached hydrogens (tertiary/aromatic N) is 3. The maximum atomic E-state index is 13.1. The lowest BCUT2D eigenvalue weighted by Gasteiger charge is -2.30. The number of pyridine rings is 1. The van der Waals surface area contributed by atoms with Crippen LogP contribution in [0, 0.1) is 0 Å². The molecule has 0 bridgehead atoms. The highest BCUT2D eigenvalue weighted by molar-refractivity contribution is 7.90. The fourth-order valence-electron chi connectivity index (χ4n) is 3.08. The van der Waals surface area contributed by atoms with E-state index < -0.39 is 27.7 Å². The fraction of sp³-hybridized carbons (Fsp3) is 0.353. The van der Waals surface area contributed by atoms with Gasteiger partial charge < -0.3 is 4.90 Å². The zero-order chi connectivity index (χ0) is 20.0. The van der Waals surface area contributed by atoms with Crippen LogP contribution in [0.25, 0.3) is 0 Å². The molecule has 6 nitrogen and oxygen atoms in total. The Hall–Kier alpha value is -2.33. The van der Waals surface area contributed by atoms with Gasteiger partial charge in [0.2, 0.25) is 0 Å². The summed E-state index contributed by atoms with van der Waals surface area (Å²) in [4.78, 5) is 11.4.